The highest BCUT2D eigenvalue weighted by Crippen LogP contribution is 2.07. The Hall–Kier alpha value is -0.650. The maximum Gasteiger partial charge on any atom is 0.323 e. The lowest BCUT2D eigenvalue weighted by Gasteiger charge is -2.09. The van der Waals surface area contributed by atoms with Gasteiger partial charge in [0, 0.05) is 20.1 Å². The predicted molar refractivity (Wildman–Crippen MR) is 45.2 cm³/mol. The number of carbonyl (C=O) groups excluding carboxylic acids is 1. The summed E-state index contributed by atoms with van der Waals surface area (Å²) < 4.78 is 9.61. The van der Waals surface area contributed by atoms with Crippen LogP contribution in [0.2, 0.25) is 0 Å². The lowest BCUT2D eigenvalue weighted by atomic mass is 10.2. The van der Waals surface area contributed by atoms with Gasteiger partial charge in [-0.1, -0.05) is 0 Å². The average molecular weight is 189 g/mol. The molecule has 0 unspecified atom stereocenters. The quantitative estimate of drug-likeness (QED) is 0.434. The Labute approximate surface area is 77.0 Å². The van der Waals surface area contributed by atoms with Crippen LogP contribution in [0.25, 0.3) is 0 Å². The highest BCUT2D eigenvalue weighted by Gasteiger charge is 2.28. The molecule has 0 aromatic carbocycles. The summed E-state index contributed by atoms with van der Waals surface area (Å²) in [5, 5.41) is 12.0. The minimum absolute atomic E-state index is 0.267. The number of nitrogens with one attached hydrogen (secondary N) is 1. The number of methoxy groups -OCH3 is 1. The van der Waals surface area contributed by atoms with Gasteiger partial charge < -0.3 is 19.9 Å². The molecule has 0 aromatic rings. The average Bonchev–Trinajstić information content (AvgIpc) is 2.52. The van der Waals surface area contributed by atoms with Crippen LogP contribution in [0, 0.1) is 0 Å². The predicted octanol–water partition coefficient (Wildman–Crippen LogP) is -1.10. The monoisotopic (exact) mass is 189 g/mol. The van der Waals surface area contributed by atoms with E-state index in [1.165, 1.54) is 0 Å². The van der Waals surface area contributed by atoms with Crippen molar-refractivity contribution in [2.75, 3.05) is 26.9 Å². The fraction of sp³-hybridized carbons (Fsp3) is 0.875. The molecule has 1 aliphatic rings. The number of rotatable bonds is 4. The zero-order valence-corrected chi connectivity index (χ0v) is 7.66. The molecule has 1 saturated heterocycles. The lowest BCUT2D eigenvalue weighted by Crippen LogP contribution is -2.33. The van der Waals surface area contributed by atoms with Crippen molar-refractivity contribution in [2.24, 2.45) is 0 Å². The summed E-state index contributed by atoms with van der Waals surface area (Å²) in [7, 11) is 1.55. The summed E-state index contributed by atoms with van der Waals surface area (Å²) in [6.07, 6.45) is 0.00575. The maximum absolute atomic E-state index is 11.2. The normalized spacial score (nSPS) is 27.5. The number of ether oxygens (including phenoxy) is 2. The number of aliphatic hydroxyl groups is 1. The van der Waals surface area contributed by atoms with Crippen molar-refractivity contribution in [3.05, 3.63) is 0 Å². The van der Waals surface area contributed by atoms with E-state index in [0.717, 1.165) is 0 Å². The minimum Gasteiger partial charge on any atom is -0.462 e. The molecule has 0 spiro atoms. The van der Waals surface area contributed by atoms with Gasteiger partial charge in [-0.2, -0.15) is 0 Å². The summed E-state index contributed by atoms with van der Waals surface area (Å²) in [5.41, 5.74) is 0. The van der Waals surface area contributed by atoms with Crippen LogP contribution in [0.4, 0.5) is 0 Å². The van der Waals surface area contributed by atoms with E-state index in [9.17, 15) is 4.79 Å². The van der Waals surface area contributed by atoms with E-state index < -0.39 is 6.10 Å². The molecule has 1 rings (SSSR count). The van der Waals surface area contributed by atoms with Crippen LogP contribution in [0.3, 0.4) is 0 Å². The molecule has 0 saturated carbocycles. The Morgan fingerprint density at radius 1 is 1.62 bits per heavy atom. The lowest BCUT2D eigenvalue weighted by molar-refractivity contribution is -0.147. The second-order valence-electron chi connectivity index (χ2n) is 3.01. The Morgan fingerprint density at radius 2 is 2.38 bits per heavy atom. The van der Waals surface area contributed by atoms with E-state index in [0.29, 0.717) is 19.6 Å². The van der Waals surface area contributed by atoms with E-state index in [-0.39, 0.29) is 18.6 Å². The number of carbonyl (C=O) groups is 1. The van der Waals surface area contributed by atoms with Crippen molar-refractivity contribution >= 4 is 5.97 Å². The van der Waals surface area contributed by atoms with Gasteiger partial charge in [-0.05, 0) is 0 Å². The third kappa shape index (κ3) is 3.30. The summed E-state index contributed by atoms with van der Waals surface area (Å²) in [5.74, 6) is -0.311. The van der Waals surface area contributed by atoms with Crippen LogP contribution in [-0.2, 0) is 14.3 Å². The van der Waals surface area contributed by atoms with Crippen LogP contribution in [0.5, 0.6) is 0 Å². The van der Waals surface area contributed by atoms with Crippen LogP contribution < -0.4 is 5.32 Å². The van der Waals surface area contributed by atoms with Gasteiger partial charge in [0.2, 0.25) is 0 Å². The molecule has 5 heteroatoms. The van der Waals surface area contributed by atoms with Gasteiger partial charge >= 0.3 is 5.97 Å². The number of aliphatic hydroxyl groups excluding tert-OH is 1. The van der Waals surface area contributed by atoms with Crippen LogP contribution in [-0.4, -0.2) is 50.1 Å². The van der Waals surface area contributed by atoms with E-state index in [2.05, 4.69) is 5.32 Å². The first-order valence-corrected chi connectivity index (χ1v) is 4.31. The first kappa shape index (κ1) is 10.4. The topological polar surface area (TPSA) is 67.8 Å². The zero-order valence-electron chi connectivity index (χ0n) is 7.66. The third-order valence-electron chi connectivity index (χ3n) is 1.92. The third-order valence-corrected chi connectivity index (χ3v) is 1.92. The molecule has 0 amide bonds. The molecule has 2 atom stereocenters. The highest BCUT2D eigenvalue weighted by atomic mass is 16.6. The van der Waals surface area contributed by atoms with Gasteiger partial charge in [0.05, 0.1) is 12.7 Å². The fourth-order valence-electron chi connectivity index (χ4n) is 1.22. The van der Waals surface area contributed by atoms with Crippen molar-refractivity contribution in [1.82, 2.24) is 5.32 Å². The summed E-state index contributed by atoms with van der Waals surface area (Å²) in [6, 6.07) is -0.355. The molecule has 0 aromatic heterocycles. The Morgan fingerprint density at radius 3 is 2.92 bits per heavy atom. The number of hydrogen-bond donors (Lipinski definition) is 2. The zero-order chi connectivity index (χ0) is 9.68. The Kier molecular flexibility index (Phi) is 4.14. The minimum atomic E-state index is -0.431. The number of β-amino-alcohol motifs (C(OH)–C–C–N with tert-alkyl or cyclic N) is 1. The molecule has 13 heavy (non-hydrogen) atoms. The van der Waals surface area contributed by atoms with Gasteiger partial charge in [-0.25, -0.2) is 0 Å². The second kappa shape index (κ2) is 5.16. The first-order chi connectivity index (χ1) is 6.24. The van der Waals surface area contributed by atoms with Gasteiger partial charge in [0.15, 0.2) is 0 Å². The van der Waals surface area contributed by atoms with Crippen molar-refractivity contribution in [3.63, 3.8) is 0 Å². The van der Waals surface area contributed by atoms with Crippen molar-refractivity contribution in [3.8, 4) is 0 Å². The molecule has 0 radical (unpaired) electrons. The van der Waals surface area contributed by atoms with Crippen molar-refractivity contribution < 1.29 is 19.4 Å². The van der Waals surface area contributed by atoms with Crippen LogP contribution in [0.1, 0.15) is 6.42 Å². The van der Waals surface area contributed by atoms with E-state index >= 15 is 0 Å². The molecule has 5 nitrogen and oxygen atoms in total. The van der Waals surface area contributed by atoms with Gasteiger partial charge in [0.1, 0.15) is 12.6 Å². The highest BCUT2D eigenvalue weighted by molar-refractivity contribution is 5.76. The van der Waals surface area contributed by atoms with Gasteiger partial charge in [-0.15, -0.1) is 0 Å². The smallest absolute Gasteiger partial charge is 0.323 e. The number of esters is 1. The Balaban J connectivity index is 2.16. The van der Waals surface area contributed by atoms with Gasteiger partial charge in [-0.3, -0.25) is 4.79 Å². The molecule has 1 aliphatic heterocycles. The molecule has 0 bridgehead atoms. The Bertz CT molecular complexity index is 174. The fourth-order valence-corrected chi connectivity index (χ4v) is 1.22. The first-order valence-electron chi connectivity index (χ1n) is 4.31. The van der Waals surface area contributed by atoms with E-state index in [1.807, 2.05) is 0 Å². The van der Waals surface area contributed by atoms with Crippen LogP contribution >= 0.6 is 0 Å². The second-order valence-corrected chi connectivity index (χ2v) is 3.01. The molecule has 0 aliphatic carbocycles. The molecular weight excluding hydrogens is 174 g/mol. The molecule has 2 N–H and O–H groups in total. The summed E-state index contributed by atoms with van der Waals surface area (Å²) in [4.78, 5) is 11.2. The summed E-state index contributed by atoms with van der Waals surface area (Å²) >= 11 is 0. The SMILES string of the molecule is COCCOC(=O)[C@H]1C[C@@H](O)CN1. The number of hydrogen-bond acceptors (Lipinski definition) is 5. The van der Waals surface area contributed by atoms with E-state index in [4.69, 9.17) is 14.6 Å². The van der Waals surface area contributed by atoms with E-state index in [1.54, 1.807) is 7.11 Å². The largest absolute Gasteiger partial charge is 0.462 e. The van der Waals surface area contributed by atoms with Crippen LogP contribution in [0.15, 0.2) is 0 Å². The van der Waals surface area contributed by atoms with Crippen molar-refractivity contribution in [1.29, 1.82) is 0 Å². The summed E-state index contributed by atoms with van der Waals surface area (Å²) in [6.45, 7) is 1.13. The standard InChI is InChI=1S/C8H15NO4/c1-12-2-3-13-8(11)7-4-6(10)5-9-7/h6-7,9-10H,2-5H2,1H3/t6-,7-/m1/s1. The van der Waals surface area contributed by atoms with Gasteiger partial charge in [0.25, 0.3) is 0 Å². The van der Waals surface area contributed by atoms with Crippen molar-refractivity contribution in [2.45, 2.75) is 18.6 Å². The maximum atomic E-state index is 11.2. The molecule has 1 fully saturated rings. The molecule has 1 heterocycles. The molecular formula is C8H15NO4. The molecule has 76 valence electrons.